The van der Waals surface area contributed by atoms with Gasteiger partial charge in [-0.05, 0) is 71.0 Å². The smallest absolute Gasteiger partial charge is 0.143 e. The van der Waals surface area contributed by atoms with E-state index >= 15 is 0 Å². The third kappa shape index (κ3) is 3.26. The summed E-state index contributed by atoms with van der Waals surface area (Å²) >= 11 is 5.71. The largest absolute Gasteiger partial charge is 0.205 e. The highest BCUT2D eigenvalue weighted by Crippen LogP contribution is 2.37. The van der Waals surface area contributed by atoms with Crippen molar-refractivity contribution in [1.29, 1.82) is 0 Å². The van der Waals surface area contributed by atoms with Crippen LogP contribution in [0.15, 0.2) is 54.6 Å². The Labute approximate surface area is 158 Å². The SMILES string of the molecule is CCCc1ccc2c(c1)Cc1cc(C#Cc3ccc(Cl)c(F)c3)ccc1-2. The third-order valence-corrected chi connectivity index (χ3v) is 5.06. The Kier molecular flexibility index (Phi) is 4.53. The zero-order chi connectivity index (χ0) is 18.1. The number of hydrogen-bond donors (Lipinski definition) is 0. The van der Waals surface area contributed by atoms with Gasteiger partial charge in [0.1, 0.15) is 5.82 Å². The van der Waals surface area contributed by atoms with Gasteiger partial charge in [-0.2, -0.15) is 0 Å². The first-order valence-corrected chi connectivity index (χ1v) is 9.24. The van der Waals surface area contributed by atoms with Crippen LogP contribution in [0.25, 0.3) is 11.1 Å². The van der Waals surface area contributed by atoms with Crippen LogP contribution in [0.3, 0.4) is 0 Å². The van der Waals surface area contributed by atoms with E-state index in [0.717, 1.165) is 24.8 Å². The monoisotopic (exact) mass is 360 g/mol. The third-order valence-electron chi connectivity index (χ3n) is 4.76. The Hall–Kier alpha value is -2.56. The van der Waals surface area contributed by atoms with Crippen molar-refractivity contribution in [3.8, 4) is 23.0 Å². The van der Waals surface area contributed by atoms with E-state index in [1.807, 2.05) is 6.07 Å². The van der Waals surface area contributed by atoms with Gasteiger partial charge < -0.3 is 0 Å². The maximum Gasteiger partial charge on any atom is 0.143 e. The van der Waals surface area contributed by atoms with Gasteiger partial charge in [0.25, 0.3) is 0 Å². The summed E-state index contributed by atoms with van der Waals surface area (Å²) in [4.78, 5) is 0. The van der Waals surface area contributed by atoms with Crippen LogP contribution in [-0.2, 0) is 12.8 Å². The first-order chi connectivity index (χ1) is 12.6. The van der Waals surface area contributed by atoms with Gasteiger partial charge in [0, 0.05) is 11.1 Å². The summed E-state index contributed by atoms with van der Waals surface area (Å²) in [5, 5.41) is 0.119. The molecule has 26 heavy (non-hydrogen) atoms. The molecule has 128 valence electrons. The second kappa shape index (κ2) is 6.98. The van der Waals surface area contributed by atoms with Crippen molar-refractivity contribution in [2.24, 2.45) is 0 Å². The lowest BCUT2D eigenvalue weighted by Crippen LogP contribution is -1.86. The Morgan fingerprint density at radius 2 is 1.54 bits per heavy atom. The van der Waals surface area contributed by atoms with Crippen molar-refractivity contribution in [2.45, 2.75) is 26.2 Å². The molecule has 0 saturated heterocycles. The van der Waals surface area contributed by atoms with E-state index in [9.17, 15) is 4.39 Å². The van der Waals surface area contributed by atoms with E-state index in [-0.39, 0.29) is 5.02 Å². The normalized spacial score (nSPS) is 11.5. The van der Waals surface area contributed by atoms with Gasteiger partial charge in [-0.3, -0.25) is 0 Å². The fourth-order valence-corrected chi connectivity index (χ4v) is 3.62. The van der Waals surface area contributed by atoms with Crippen molar-refractivity contribution < 1.29 is 4.39 Å². The molecule has 0 bridgehead atoms. The Balaban J connectivity index is 1.62. The fraction of sp³-hybridized carbons (Fsp3) is 0.167. The lowest BCUT2D eigenvalue weighted by Gasteiger charge is -2.04. The highest BCUT2D eigenvalue weighted by molar-refractivity contribution is 6.30. The van der Waals surface area contributed by atoms with Gasteiger partial charge in [0.05, 0.1) is 5.02 Å². The molecule has 0 radical (unpaired) electrons. The number of benzene rings is 3. The molecule has 0 heterocycles. The van der Waals surface area contributed by atoms with E-state index in [2.05, 4.69) is 49.1 Å². The average Bonchev–Trinajstić information content (AvgIpc) is 3.00. The topological polar surface area (TPSA) is 0 Å². The van der Waals surface area contributed by atoms with Crippen LogP contribution in [0.4, 0.5) is 4.39 Å². The molecule has 3 aromatic carbocycles. The van der Waals surface area contributed by atoms with E-state index in [4.69, 9.17) is 11.6 Å². The zero-order valence-corrected chi connectivity index (χ0v) is 15.3. The van der Waals surface area contributed by atoms with Gasteiger partial charge in [0.2, 0.25) is 0 Å². The minimum absolute atomic E-state index is 0.119. The summed E-state index contributed by atoms with van der Waals surface area (Å²) in [7, 11) is 0. The van der Waals surface area contributed by atoms with Crippen molar-refractivity contribution in [1.82, 2.24) is 0 Å². The van der Waals surface area contributed by atoms with Crippen LogP contribution in [0.5, 0.6) is 0 Å². The highest BCUT2D eigenvalue weighted by Gasteiger charge is 2.18. The minimum Gasteiger partial charge on any atom is -0.205 e. The maximum absolute atomic E-state index is 13.5. The van der Waals surface area contributed by atoms with E-state index in [1.54, 1.807) is 6.07 Å². The number of rotatable bonds is 2. The molecule has 3 aromatic rings. The molecular formula is C24H18ClF. The molecule has 0 saturated carbocycles. The summed E-state index contributed by atoms with van der Waals surface area (Å²) in [5.41, 5.74) is 8.31. The lowest BCUT2D eigenvalue weighted by molar-refractivity contribution is 0.628. The van der Waals surface area contributed by atoms with E-state index in [0.29, 0.717) is 5.56 Å². The average molecular weight is 361 g/mol. The number of aryl methyl sites for hydroxylation is 1. The van der Waals surface area contributed by atoms with Gasteiger partial charge >= 0.3 is 0 Å². The molecule has 1 aliphatic rings. The van der Waals surface area contributed by atoms with Crippen molar-refractivity contribution in [3.63, 3.8) is 0 Å². The van der Waals surface area contributed by atoms with Crippen molar-refractivity contribution >= 4 is 11.6 Å². The Morgan fingerprint density at radius 1 is 0.885 bits per heavy atom. The molecule has 0 nitrogen and oxygen atoms in total. The molecule has 0 aromatic heterocycles. The predicted octanol–water partition coefficient (Wildman–Crippen LogP) is 6.40. The second-order valence-electron chi connectivity index (χ2n) is 6.67. The molecule has 0 amide bonds. The molecule has 0 spiro atoms. The summed E-state index contributed by atoms with van der Waals surface area (Å²) in [5.74, 6) is 5.72. The highest BCUT2D eigenvalue weighted by atomic mass is 35.5. The minimum atomic E-state index is -0.439. The molecule has 0 fully saturated rings. The van der Waals surface area contributed by atoms with Crippen LogP contribution in [0.1, 0.15) is 41.2 Å². The Morgan fingerprint density at radius 3 is 2.27 bits per heavy atom. The van der Waals surface area contributed by atoms with Crippen LogP contribution in [0.2, 0.25) is 5.02 Å². The molecule has 0 unspecified atom stereocenters. The van der Waals surface area contributed by atoms with Crippen LogP contribution < -0.4 is 0 Å². The number of halogens is 2. The maximum atomic E-state index is 13.5. The first kappa shape index (κ1) is 16.9. The van der Waals surface area contributed by atoms with Crippen molar-refractivity contribution in [2.75, 3.05) is 0 Å². The van der Waals surface area contributed by atoms with Crippen molar-refractivity contribution in [3.05, 3.63) is 93.3 Å². The molecule has 2 heteroatoms. The second-order valence-corrected chi connectivity index (χ2v) is 7.08. The lowest BCUT2D eigenvalue weighted by atomic mass is 10.0. The zero-order valence-electron chi connectivity index (χ0n) is 14.6. The standard InChI is InChI=1S/C24H18ClF/c1-2-3-16-6-9-21-19(12-16)15-20-13-17(7-10-22(20)21)4-5-18-8-11-23(25)24(26)14-18/h6-14H,2-3,15H2,1H3. The molecule has 4 rings (SSSR count). The molecule has 0 aliphatic heterocycles. The van der Waals surface area contributed by atoms with Crippen LogP contribution >= 0.6 is 11.6 Å². The fourth-order valence-electron chi connectivity index (χ4n) is 3.50. The molecular weight excluding hydrogens is 343 g/mol. The van der Waals surface area contributed by atoms with E-state index in [1.165, 1.54) is 39.9 Å². The molecule has 1 aliphatic carbocycles. The first-order valence-electron chi connectivity index (χ1n) is 8.86. The van der Waals surface area contributed by atoms with Gasteiger partial charge in [0.15, 0.2) is 0 Å². The molecule has 0 N–H and O–H groups in total. The number of fused-ring (bicyclic) bond motifs is 3. The summed E-state index contributed by atoms with van der Waals surface area (Å²) < 4.78 is 13.5. The van der Waals surface area contributed by atoms with E-state index < -0.39 is 5.82 Å². The van der Waals surface area contributed by atoms with Gasteiger partial charge in [-0.15, -0.1) is 0 Å². The van der Waals surface area contributed by atoms with Gasteiger partial charge in [-0.1, -0.05) is 61.1 Å². The quantitative estimate of drug-likeness (QED) is 0.363. The van der Waals surface area contributed by atoms with Gasteiger partial charge in [-0.25, -0.2) is 4.39 Å². The van der Waals surface area contributed by atoms with Crippen LogP contribution in [-0.4, -0.2) is 0 Å². The summed E-state index contributed by atoms with van der Waals surface area (Å²) in [6.45, 7) is 2.21. The summed E-state index contributed by atoms with van der Waals surface area (Å²) in [6, 6.07) is 17.8. The Bertz CT molecular complexity index is 1050. The predicted molar refractivity (Wildman–Crippen MR) is 106 cm³/mol. The summed E-state index contributed by atoms with van der Waals surface area (Å²) in [6.07, 6.45) is 3.24. The number of hydrogen-bond acceptors (Lipinski definition) is 0. The molecule has 0 atom stereocenters. The van der Waals surface area contributed by atoms with Crippen LogP contribution in [0, 0.1) is 17.7 Å².